The number of rotatable bonds is 5. The van der Waals surface area contributed by atoms with E-state index in [9.17, 15) is 23.6 Å². The van der Waals surface area contributed by atoms with Gasteiger partial charge in [0.15, 0.2) is 13.5 Å². The molecule has 1 N–H and O–H groups in total. The highest BCUT2D eigenvalue weighted by Gasteiger charge is 2.44. The zero-order valence-electron chi connectivity index (χ0n) is 10.4. The van der Waals surface area contributed by atoms with E-state index in [1.54, 1.807) is 6.92 Å². The number of sulfone groups is 1. The Morgan fingerprint density at radius 1 is 1.42 bits per heavy atom. The number of nitrogens with zero attached hydrogens (tertiary/aromatic N) is 1. The first-order chi connectivity index (χ1) is 8.63. The Kier molecular flexibility index (Phi) is 4.70. The lowest BCUT2D eigenvalue weighted by Gasteiger charge is -2.29. The van der Waals surface area contributed by atoms with Gasteiger partial charge < -0.3 is 5.11 Å². The highest BCUT2D eigenvalue weighted by molar-refractivity contribution is 9.11. The number of benzene rings is 1. The number of halogens is 1. The van der Waals surface area contributed by atoms with Crippen LogP contribution >= 0.6 is 15.9 Å². The van der Waals surface area contributed by atoms with Gasteiger partial charge in [0.1, 0.15) is 6.10 Å². The molecule has 1 aromatic carbocycles. The van der Waals surface area contributed by atoms with E-state index in [0.29, 0.717) is 5.56 Å². The molecule has 1 aromatic rings. The molecule has 0 spiro atoms. The molecule has 0 aliphatic carbocycles. The largest absolute Gasteiger partial charge is 0.386 e. The van der Waals surface area contributed by atoms with Crippen LogP contribution in [0.5, 0.6) is 0 Å². The highest BCUT2D eigenvalue weighted by atomic mass is 79.9. The lowest BCUT2D eigenvalue weighted by molar-refractivity contribution is -0.384. The summed E-state index contributed by atoms with van der Waals surface area (Å²) in [7, 11) is -3.56. The van der Waals surface area contributed by atoms with Crippen molar-refractivity contribution in [3.05, 3.63) is 39.9 Å². The standard InChI is InChI=1S/C11H14BrNO5S/c1-3-11(12,19(2,17)18)10(14)8-4-6-9(7-5-8)13(15)16/h4-7,10,14H,3H2,1-2H3. The second-order valence-electron chi connectivity index (χ2n) is 4.16. The van der Waals surface area contributed by atoms with Crippen LogP contribution in [0, 0.1) is 10.1 Å². The fourth-order valence-corrected chi connectivity index (χ4v) is 3.02. The predicted octanol–water partition coefficient (Wildman–Crippen LogP) is 2.17. The van der Waals surface area contributed by atoms with E-state index in [2.05, 4.69) is 15.9 Å². The minimum absolute atomic E-state index is 0.119. The number of aliphatic hydroxyl groups is 1. The van der Waals surface area contributed by atoms with Crippen molar-refractivity contribution in [1.29, 1.82) is 0 Å². The molecular weight excluding hydrogens is 338 g/mol. The topological polar surface area (TPSA) is 97.5 Å². The average Bonchev–Trinajstić information content (AvgIpc) is 2.35. The van der Waals surface area contributed by atoms with Crippen LogP contribution < -0.4 is 0 Å². The normalized spacial score (nSPS) is 16.6. The van der Waals surface area contributed by atoms with Gasteiger partial charge >= 0.3 is 0 Å². The molecule has 2 atom stereocenters. The third-order valence-electron chi connectivity index (χ3n) is 2.93. The fraction of sp³-hybridized carbons (Fsp3) is 0.455. The van der Waals surface area contributed by atoms with Gasteiger partial charge in [-0.2, -0.15) is 0 Å². The molecule has 2 unspecified atom stereocenters. The number of hydrogen-bond donors (Lipinski definition) is 1. The van der Waals surface area contributed by atoms with Gasteiger partial charge in [-0.25, -0.2) is 8.42 Å². The molecule has 0 aliphatic heterocycles. The monoisotopic (exact) mass is 351 g/mol. The molecule has 0 heterocycles. The van der Waals surface area contributed by atoms with Crippen LogP contribution in [-0.4, -0.2) is 28.4 Å². The molecule has 0 radical (unpaired) electrons. The molecule has 0 fully saturated rings. The molecule has 0 aromatic heterocycles. The molecule has 0 aliphatic rings. The van der Waals surface area contributed by atoms with E-state index in [0.717, 1.165) is 6.26 Å². The molecule has 19 heavy (non-hydrogen) atoms. The van der Waals surface area contributed by atoms with E-state index >= 15 is 0 Å². The van der Waals surface area contributed by atoms with Crippen LogP contribution in [-0.2, 0) is 9.84 Å². The van der Waals surface area contributed by atoms with Gasteiger partial charge in [0.2, 0.25) is 0 Å². The van der Waals surface area contributed by atoms with Crippen LogP contribution in [0.4, 0.5) is 5.69 Å². The number of nitro benzene ring substituents is 1. The second-order valence-corrected chi connectivity index (χ2v) is 8.38. The first-order valence-electron chi connectivity index (χ1n) is 5.44. The molecular formula is C11H14BrNO5S. The van der Waals surface area contributed by atoms with Crippen LogP contribution in [0.1, 0.15) is 25.0 Å². The van der Waals surface area contributed by atoms with E-state index < -0.39 is 24.5 Å². The summed E-state index contributed by atoms with van der Waals surface area (Å²) in [5, 5.41) is 20.7. The van der Waals surface area contributed by atoms with Crippen molar-refractivity contribution in [1.82, 2.24) is 0 Å². The van der Waals surface area contributed by atoms with Gasteiger partial charge in [-0.05, 0) is 24.1 Å². The van der Waals surface area contributed by atoms with Crippen molar-refractivity contribution in [3.8, 4) is 0 Å². The SMILES string of the molecule is CCC(Br)(C(O)c1ccc([N+](=O)[O-])cc1)S(C)(=O)=O. The summed E-state index contributed by atoms with van der Waals surface area (Å²) in [6.45, 7) is 1.63. The molecule has 6 nitrogen and oxygen atoms in total. The molecule has 0 amide bonds. The Balaban J connectivity index is 3.19. The van der Waals surface area contributed by atoms with E-state index in [1.165, 1.54) is 24.3 Å². The van der Waals surface area contributed by atoms with Crippen molar-refractivity contribution >= 4 is 31.5 Å². The molecule has 1 rings (SSSR count). The van der Waals surface area contributed by atoms with Crippen molar-refractivity contribution in [3.63, 3.8) is 0 Å². The van der Waals surface area contributed by atoms with Crippen LogP contribution in [0.3, 0.4) is 0 Å². The van der Waals surface area contributed by atoms with Gasteiger partial charge in [0.05, 0.1) is 4.92 Å². The molecule has 8 heteroatoms. The third-order valence-corrected chi connectivity index (χ3v) is 7.43. The van der Waals surface area contributed by atoms with Gasteiger partial charge in [-0.1, -0.05) is 22.9 Å². The number of nitro groups is 1. The zero-order valence-corrected chi connectivity index (χ0v) is 12.8. The Morgan fingerprint density at radius 3 is 2.21 bits per heavy atom. The number of aliphatic hydroxyl groups excluding tert-OH is 1. The molecule has 0 saturated carbocycles. The summed E-state index contributed by atoms with van der Waals surface area (Å²) in [5.41, 5.74) is 0.182. The maximum atomic E-state index is 11.8. The zero-order chi connectivity index (χ0) is 14.8. The van der Waals surface area contributed by atoms with Crippen molar-refractivity contribution < 1.29 is 18.4 Å². The van der Waals surface area contributed by atoms with Crippen LogP contribution in [0.2, 0.25) is 0 Å². The maximum Gasteiger partial charge on any atom is 0.269 e. The summed E-state index contributed by atoms with van der Waals surface area (Å²) < 4.78 is 22.0. The minimum atomic E-state index is -3.56. The Hall–Kier alpha value is -0.990. The highest BCUT2D eigenvalue weighted by Crippen LogP contribution is 2.41. The Morgan fingerprint density at radius 2 is 1.89 bits per heavy atom. The Bertz CT molecular complexity index is 571. The van der Waals surface area contributed by atoms with Gasteiger partial charge in [-0.15, -0.1) is 0 Å². The van der Waals surface area contributed by atoms with Gasteiger partial charge in [0, 0.05) is 18.4 Å². The number of hydrogen-bond acceptors (Lipinski definition) is 5. The van der Waals surface area contributed by atoms with Crippen molar-refractivity contribution in [2.45, 2.75) is 23.1 Å². The van der Waals surface area contributed by atoms with Gasteiger partial charge in [-0.3, -0.25) is 10.1 Å². The first-order valence-corrected chi connectivity index (χ1v) is 8.13. The summed E-state index contributed by atoms with van der Waals surface area (Å²) in [6, 6.07) is 5.15. The fourth-order valence-electron chi connectivity index (χ4n) is 1.69. The lowest BCUT2D eigenvalue weighted by Crippen LogP contribution is -2.37. The van der Waals surface area contributed by atoms with E-state index in [4.69, 9.17) is 0 Å². The lowest BCUT2D eigenvalue weighted by atomic mass is 10.0. The quantitative estimate of drug-likeness (QED) is 0.498. The van der Waals surface area contributed by atoms with Crippen LogP contribution in [0.15, 0.2) is 24.3 Å². The summed E-state index contributed by atoms with van der Waals surface area (Å²) in [6.07, 6.45) is -0.127. The van der Waals surface area contributed by atoms with E-state index in [1.807, 2.05) is 0 Å². The predicted molar refractivity (Wildman–Crippen MR) is 74.8 cm³/mol. The number of alkyl halides is 1. The first kappa shape index (κ1) is 16.1. The average molecular weight is 352 g/mol. The molecule has 0 bridgehead atoms. The maximum absolute atomic E-state index is 11.8. The number of non-ortho nitro benzene ring substituents is 1. The van der Waals surface area contributed by atoms with Gasteiger partial charge in [0.25, 0.3) is 5.69 Å². The summed E-state index contributed by atoms with van der Waals surface area (Å²) in [5.74, 6) is 0. The van der Waals surface area contributed by atoms with Crippen molar-refractivity contribution in [2.24, 2.45) is 0 Å². The molecule has 0 saturated heterocycles. The third kappa shape index (κ3) is 3.13. The Labute approximate surface area is 119 Å². The summed E-state index contributed by atoms with van der Waals surface area (Å²) in [4.78, 5) is 9.97. The van der Waals surface area contributed by atoms with E-state index in [-0.39, 0.29) is 12.1 Å². The van der Waals surface area contributed by atoms with Crippen LogP contribution in [0.25, 0.3) is 0 Å². The summed E-state index contributed by atoms with van der Waals surface area (Å²) >= 11 is 3.08. The van der Waals surface area contributed by atoms with Crippen molar-refractivity contribution in [2.75, 3.05) is 6.26 Å². The molecule has 106 valence electrons. The second kappa shape index (κ2) is 5.56. The minimum Gasteiger partial charge on any atom is -0.386 e. The smallest absolute Gasteiger partial charge is 0.269 e.